The van der Waals surface area contributed by atoms with Crippen molar-refractivity contribution < 1.29 is 14.0 Å². The Hall–Kier alpha value is -3.55. The summed E-state index contributed by atoms with van der Waals surface area (Å²) < 4.78 is 13.6. The van der Waals surface area contributed by atoms with Crippen LogP contribution in [0.1, 0.15) is 39.9 Å². The summed E-state index contributed by atoms with van der Waals surface area (Å²) in [5.41, 5.74) is 4.15. The van der Waals surface area contributed by atoms with E-state index in [0.717, 1.165) is 39.0 Å². The zero-order chi connectivity index (χ0) is 27.9. The summed E-state index contributed by atoms with van der Waals surface area (Å²) in [5.74, 6) is -0.584. The maximum atomic E-state index is 13.9. The van der Waals surface area contributed by atoms with Crippen molar-refractivity contribution in [1.29, 1.82) is 0 Å². The number of benzene rings is 3. The van der Waals surface area contributed by atoms with Crippen molar-refractivity contribution in [3.05, 3.63) is 107 Å². The lowest BCUT2D eigenvalue weighted by atomic mass is 10.0. The molecule has 6 nitrogen and oxygen atoms in total. The van der Waals surface area contributed by atoms with Crippen LogP contribution >= 0.6 is 0 Å². The van der Waals surface area contributed by atoms with Crippen LogP contribution in [0.2, 0.25) is 0 Å². The van der Waals surface area contributed by atoms with E-state index in [0.29, 0.717) is 31.6 Å². The molecule has 3 aromatic carbocycles. The van der Waals surface area contributed by atoms with Crippen LogP contribution in [0.5, 0.6) is 0 Å². The second-order valence-corrected chi connectivity index (χ2v) is 10.9. The number of halogens is 1. The van der Waals surface area contributed by atoms with E-state index in [1.807, 2.05) is 11.0 Å². The van der Waals surface area contributed by atoms with E-state index in [1.165, 1.54) is 41.0 Å². The number of aryl methyl sites for hydroxylation is 1. The minimum absolute atomic E-state index is 0.0144. The van der Waals surface area contributed by atoms with E-state index >= 15 is 0 Å². The van der Waals surface area contributed by atoms with Gasteiger partial charge in [-0.3, -0.25) is 14.5 Å². The zero-order valence-corrected chi connectivity index (χ0v) is 23.3. The zero-order valence-electron chi connectivity index (χ0n) is 23.3. The summed E-state index contributed by atoms with van der Waals surface area (Å²) in [6.45, 7) is 7.12. The summed E-state index contributed by atoms with van der Waals surface area (Å²) in [7, 11) is 0. The third-order valence-electron chi connectivity index (χ3n) is 8.25. The summed E-state index contributed by atoms with van der Waals surface area (Å²) in [4.78, 5) is 33.8. The van der Waals surface area contributed by atoms with Crippen molar-refractivity contribution in [3.63, 3.8) is 0 Å². The van der Waals surface area contributed by atoms with Gasteiger partial charge in [-0.25, -0.2) is 4.39 Å². The average molecular weight is 543 g/mol. The van der Waals surface area contributed by atoms with Crippen molar-refractivity contribution in [2.45, 2.75) is 44.8 Å². The molecule has 40 heavy (non-hydrogen) atoms. The van der Waals surface area contributed by atoms with Gasteiger partial charge in [0.2, 0.25) is 5.91 Å². The average Bonchev–Trinajstić information content (AvgIpc) is 3.24. The molecule has 210 valence electrons. The van der Waals surface area contributed by atoms with Crippen LogP contribution < -0.4 is 5.32 Å². The number of hydrogen-bond acceptors (Lipinski definition) is 4. The van der Waals surface area contributed by atoms with Gasteiger partial charge in [-0.15, -0.1) is 0 Å². The molecule has 0 bridgehead atoms. The smallest absolute Gasteiger partial charge is 0.254 e. The van der Waals surface area contributed by atoms with Crippen LogP contribution in [-0.2, 0) is 17.8 Å². The number of hydrogen-bond donors (Lipinski definition) is 1. The van der Waals surface area contributed by atoms with E-state index in [4.69, 9.17) is 0 Å². The summed E-state index contributed by atoms with van der Waals surface area (Å²) in [6, 6.07) is 24.0. The minimum atomic E-state index is -0.545. The monoisotopic (exact) mass is 542 g/mol. The maximum Gasteiger partial charge on any atom is 0.254 e. The van der Waals surface area contributed by atoms with Crippen molar-refractivity contribution in [2.75, 3.05) is 39.3 Å². The van der Waals surface area contributed by atoms with Gasteiger partial charge >= 0.3 is 0 Å². The molecule has 2 unspecified atom stereocenters. The van der Waals surface area contributed by atoms with Crippen molar-refractivity contribution >= 4 is 11.8 Å². The molecular formula is C33H39FN4O2. The Morgan fingerprint density at radius 3 is 2.48 bits per heavy atom. The SMILES string of the molecule is Cc1ccccc1CN(CCc1ccccc1)C1CC(C(=O)N2CCCNCC2)N(C(=O)c2ccc(F)cc2)C1. The van der Waals surface area contributed by atoms with Gasteiger partial charge in [0.05, 0.1) is 0 Å². The maximum absolute atomic E-state index is 13.9. The fourth-order valence-corrected chi connectivity index (χ4v) is 5.89. The quantitative estimate of drug-likeness (QED) is 0.462. The Bertz CT molecular complexity index is 1280. The molecule has 2 heterocycles. The molecule has 0 saturated carbocycles. The molecule has 1 N–H and O–H groups in total. The molecule has 2 aliphatic heterocycles. The molecule has 5 rings (SSSR count). The van der Waals surface area contributed by atoms with Gasteiger partial charge < -0.3 is 15.1 Å². The molecule has 2 amide bonds. The third kappa shape index (κ3) is 6.77. The van der Waals surface area contributed by atoms with Crippen LogP contribution in [0.3, 0.4) is 0 Å². The largest absolute Gasteiger partial charge is 0.340 e. The number of carbonyl (C=O) groups is 2. The van der Waals surface area contributed by atoms with Gasteiger partial charge in [-0.1, -0.05) is 54.6 Å². The van der Waals surface area contributed by atoms with Gasteiger partial charge in [-0.2, -0.15) is 0 Å². The van der Waals surface area contributed by atoms with E-state index < -0.39 is 6.04 Å². The van der Waals surface area contributed by atoms with Gasteiger partial charge in [0.1, 0.15) is 11.9 Å². The first-order valence-electron chi connectivity index (χ1n) is 14.4. The standard InChI is InChI=1S/C33H39FN4O2/c1-25-8-5-6-11-28(25)23-37(20-16-26-9-3-2-4-10-26)30-22-31(33(40)36-19-7-17-35-18-21-36)38(24-30)32(39)27-12-14-29(34)15-13-27/h2-6,8-15,30-31,35H,7,16-24H2,1H3. The normalized spacial score (nSPS) is 19.6. The molecule has 2 atom stereocenters. The lowest BCUT2D eigenvalue weighted by molar-refractivity contribution is -0.135. The van der Waals surface area contributed by atoms with Crippen LogP contribution in [-0.4, -0.2) is 77.9 Å². The van der Waals surface area contributed by atoms with Crippen LogP contribution in [0.25, 0.3) is 0 Å². The van der Waals surface area contributed by atoms with E-state index in [2.05, 4.69) is 65.7 Å². The molecule has 2 aliphatic rings. The van der Waals surface area contributed by atoms with Crippen molar-refractivity contribution in [2.24, 2.45) is 0 Å². The number of carbonyl (C=O) groups excluding carboxylic acids is 2. The number of nitrogens with one attached hydrogen (secondary N) is 1. The van der Waals surface area contributed by atoms with Crippen molar-refractivity contribution in [1.82, 2.24) is 20.0 Å². The number of nitrogens with zero attached hydrogens (tertiary/aromatic N) is 3. The highest BCUT2D eigenvalue weighted by atomic mass is 19.1. The predicted octanol–water partition coefficient (Wildman–Crippen LogP) is 4.28. The Morgan fingerprint density at radius 1 is 0.950 bits per heavy atom. The fourth-order valence-electron chi connectivity index (χ4n) is 5.89. The van der Waals surface area contributed by atoms with Crippen LogP contribution in [0.15, 0.2) is 78.9 Å². The topological polar surface area (TPSA) is 55.9 Å². The Labute approximate surface area is 236 Å². The van der Waals surface area contributed by atoms with Gasteiger partial charge in [0.25, 0.3) is 5.91 Å². The van der Waals surface area contributed by atoms with Crippen LogP contribution in [0, 0.1) is 12.7 Å². The highest BCUT2D eigenvalue weighted by molar-refractivity contribution is 5.98. The molecule has 0 radical (unpaired) electrons. The lowest BCUT2D eigenvalue weighted by Gasteiger charge is -2.30. The fraction of sp³-hybridized carbons (Fsp3) is 0.394. The highest BCUT2D eigenvalue weighted by Crippen LogP contribution is 2.28. The third-order valence-corrected chi connectivity index (χ3v) is 8.25. The van der Waals surface area contributed by atoms with Gasteiger partial charge in [-0.05, 0) is 73.7 Å². The van der Waals surface area contributed by atoms with E-state index in [-0.39, 0.29) is 23.7 Å². The van der Waals surface area contributed by atoms with Crippen LogP contribution in [0.4, 0.5) is 4.39 Å². The molecule has 2 fully saturated rings. The second kappa shape index (κ2) is 13.2. The molecule has 2 saturated heterocycles. The second-order valence-electron chi connectivity index (χ2n) is 10.9. The molecule has 0 aliphatic carbocycles. The molecular weight excluding hydrogens is 503 g/mol. The minimum Gasteiger partial charge on any atom is -0.340 e. The summed E-state index contributed by atoms with van der Waals surface area (Å²) in [6.07, 6.45) is 2.35. The van der Waals surface area contributed by atoms with Crippen molar-refractivity contribution in [3.8, 4) is 0 Å². The van der Waals surface area contributed by atoms with Gasteiger partial charge in [0, 0.05) is 50.9 Å². The predicted molar refractivity (Wildman–Crippen MR) is 155 cm³/mol. The molecule has 7 heteroatoms. The summed E-state index contributed by atoms with van der Waals surface area (Å²) >= 11 is 0. The molecule has 0 aromatic heterocycles. The molecule has 0 spiro atoms. The Kier molecular flexibility index (Phi) is 9.24. The lowest BCUT2D eigenvalue weighted by Crippen LogP contribution is -2.48. The van der Waals surface area contributed by atoms with Gasteiger partial charge in [0.15, 0.2) is 0 Å². The highest BCUT2D eigenvalue weighted by Gasteiger charge is 2.43. The molecule has 3 aromatic rings. The first kappa shape index (κ1) is 28.0. The Morgan fingerprint density at radius 2 is 1.70 bits per heavy atom. The first-order chi connectivity index (χ1) is 19.5. The first-order valence-corrected chi connectivity index (χ1v) is 14.4. The Balaban J connectivity index is 1.43. The number of amides is 2. The number of rotatable bonds is 8. The van der Waals surface area contributed by atoms with E-state index in [9.17, 15) is 14.0 Å². The van der Waals surface area contributed by atoms with E-state index in [1.54, 1.807) is 4.90 Å². The summed E-state index contributed by atoms with van der Waals surface area (Å²) in [5, 5.41) is 3.36. The number of likely N-dealkylation sites (tertiary alicyclic amines) is 1.